The van der Waals surface area contributed by atoms with Crippen molar-refractivity contribution in [2.75, 3.05) is 59.0 Å². The molecule has 3 rings (SSSR count). The first-order chi connectivity index (χ1) is 12.4. The molecule has 3 aliphatic heterocycles. The van der Waals surface area contributed by atoms with E-state index in [0.717, 1.165) is 77.8 Å². The third kappa shape index (κ3) is 5.69. The molecule has 3 saturated heterocycles. The van der Waals surface area contributed by atoms with Crippen LogP contribution in [0.25, 0.3) is 0 Å². The summed E-state index contributed by atoms with van der Waals surface area (Å²) in [7, 11) is 0. The van der Waals surface area contributed by atoms with Gasteiger partial charge < -0.3 is 20.3 Å². The van der Waals surface area contributed by atoms with Crippen LogP contribution < -0.4 is 10.6 Å². The largest absolute Gasteiger partial charge is 0.379 e. The number of carbonyl (C=O) groups is 1. The van der Waals surface area contributed by atoms with Gasteiger partial charge in [-0.15, -0.1) is 24.0 Å². The lowest BCUT2D eigenvalue weighted by Gasteiger charge is -2.42. The number of morpholine rings is 1. The maximum Gasteiger partial charge on any atom is 0.220 e. The van der Waals surface area contributed by atoms with Crippen LogP contribution in [-0.2, 0) is 9.53 Å². The van der Waals surface area contributed by atoms with Crippen molar-refractivity contribution < 1.29 is 9.53 Å². The number of ether oxygens (including phenoxy) is 1. The van der Waals surface area contributed by atoms with Crippen molar-refractivity contribution in [2.45, 2.75) is 45.6 Å². The van der Waals surface area contributed by atoms with Crippen LogP contribution in [0.5, 0.6) is 0 Å². The van der Waals surface area contributed by atoms with Gasteiger partial charge in [0.2, 0.25) is 5.91 Å². The minimum Gasteiger partial charge on any atom is -0.379 e. The lowest BCUT2D eigenvalue weighted by molar-refractivity contribution is -0.119. The molecule has 1 amide bonds. The number of likely N-dealkylation sites (tertiary alicyclic amines) is 1. The molecule has 1 spiro atoms. The zero-order valence-electron chi connectivity index (χ0n) is 17.1. The van der Waals surface area contributed by atoms with Crippen LogP contribution in [0, 0.1) is 5.41 Å². The van der Waals surface area contributed by atoms with E-state index in [9.17, 15) is 4.79 Å². The number of rotatable bonds is 4. The van der Waals surface area contributed by atoms with Crippen LogP contribution in [0.4, 0.5) is 0 Å². The Morgan fingerprint density at radius 3 is 2.70 bits per heavy atom. The summed E-state index contributed by atoms with van der Waals surface area (Å²) in [5.41, 5.74) is 0.105. The quantitative estimate of drug-likeness (QED) is 0.351. The van der Waals surface area contributed by atoms with E-state index in [2.05, 4.69) is 41.2 Å². The van der Waals surface area contributed by atoms with Gasteiger partial charge in [0.25, 0.3) is 0 Å². The predicted octanol–water partition coefficient (Wildman–Crippen LogP) is 1.28. The van der Waals surface area contributed by atoms with E-state index in [0.29, 0.717) is 6.42 Å². The smallest absolute Gasteiger partial charge is 0.220 e. The van der Waals surface area contributed by atoms with Crippen LogP contribution in [0.1, 0.15) is 40.0 Å². The first-order valence-corrected chi connectivity index (χ1v) is 10.1. The summed E-state index contributed by atoms with van der Waals surface area (Å²) in [6.45, 7) is 14.6. The third-order valence-electron chi connectivity index (χ3n) is 5.97. The molecule has 0 aromatic carbocycles. The van der Waals surface area contributed by atoms with Crippen molar-refractivity contribution in [1.82, 2.24) is 20.4 Å². The predicted molar refractivity (Wildman–Crippen MR) is 119 cm³/mol. The van der Waals surface area contributed by atoms with Crippen molar-refractivity contribution in [3.05, 3.63) is 0 Å². The minimum absolute atomic E-state index is 0. The Morgan fingerprint density at radius 2 is 2.07 bits per heavy atom. The van der Waals surface area contributed by atoms with Crippen LogP contribution in [0.3, 0.4) is 0 Å². The third-order valence-corrected chi connectivity index (χ3v) is 5.97. The van der Waals surface area contributed by atoms with Gasteiger partial charge in [0.05, 0.1) is 19.8 Å². The molecular formula is C19H36IN5O2. The number of aliphatic imine (C=N–C) groups is 1. The Morgan fingerprint density at radius 1 is 1.33 bits per heavy atom. The van der Waals surface area contributed by atoms with Crippen molar-refractivity contribution in [2.24, 2.45) is 10.4 Å². The molecule has 0 aromatic heterocycles. The highest BCUT2D eigenvalue weighted by Gasteiger charge is 2.42. The molecule has 0 saturated carbocycles. The van der Waals surface area contributed by atoms with E-state index in [1.54, 1.807) is 0 Å². The van der Waals surface area contributed by atoms with E-state index in [1.807, 2.05) is 0 Å². The summed E-state index contributed by atoms with van der Waals surface area (Å²) in [6, 6.07) is 0. The summed E-state index contributed by atoms with van der Waals surface area (Å²) in [6.07, 6.45) is 2.90. The number of nitrogens with zero attached hydrogens (tertiary/aromatic N) is 3. The van der Waals surface area contributed by atoms with Crippen LogP contribution in [-0.4, -0.2) is 86.2 Å². The zero-order valence-corrected chi connectivity index (χ0v) is 19.4. The van der Waals surface area contributed by atoms with Gasteiger partial charge in [0, 0.05) is 56.6 Å². The maximum atomic E-state index is 11.8. The average molecular weight is 493 g/mol. The van der Waals surface area contributed by atoms with Gasteiger partial charge in [-0.1, -0.05) is 0 Å². The molecule has 8 heteroatoms. The Bertz CT molecular complexity index is 536. The van der Waals surface area contributed by atoms with Gasteiger partial charge in [-0.2, -0.15) is 0 Å². The number of amides is 1. The van der Waals surface area contributed by atoms with Crippen LogP contribution >= 0.6 is 24.0 Å². The number of halogens is 1. The molecule has 0 radical (unpaired) electrons. The Hall–Kier alpha value is -0.610. The standard InChI is InChI=1S/C19H35N5O2.HI/c1-4-20-17(22-13-18(2,3)24-8-10-26-11-9-24)23-7-5-6-19(15-23)12-16(25)21-14-19;/h4-15H2,1-3H3,(H,20,22)(H,21,25);1H. The topological polar surface area (TPSA) is 69.2 Å². The van der Waals surface area contributed by atoms with Gasteiger partial charge in [-0.05, 0) is 33.6 Å². The fourth-order valence-electron chi connectivity index (χ4n) is 4.39. The second-order valence-electron chi connectivity index (χ2n) is 8.56. The normalized spacial score (nSPS) is 27.4. The van der Waals surface area contributed by atoms with Crippen molar-refractivity contribution in [3.8, 4) is 0 Å². The van der Waals surface area contributed by atoms with E-state index in [4.69, 9.17) is 9.73 Å². The van der Waals surface area contributed by atoms with E-state index < -0.39 is 0 Å². The molecule has 3 heterocycles. The molecule has 3 fully saturated rings. The number of piperidine rings is 1. The van der Waals surface area contributed by atoms with E-state index in [1.165, 1.54) is 0 Å². The van der Waals surface area contributed by atoms with Gasteiger partial charge in [-0.25, -0.2) is 0 Å². The molecular weight excluding hydrogens is 457 g/mol. The van der Waals surface area contributed by atoms with E-state index >= 15 is 0 Å². The minimum atomic E-state index is 0. The Balaban J connectivity index is 0.00000261. The first-order valence-electron chi connectivity index (χ1n) is 10.1. The molecule has 1 unspecified atom stereocenters. The number of carbonyl (C=O) groups excluding carboxylic acids is 1. The highest BCUT2D eigenvalue weighted by molar-refractivity contribution is 14.0. The lowest BCUT2D eigenvalue weighted by atomic mass is 9.79. The highest BCUT2D eigenvalue weighted by Crippen LogP contribution is 2.36. The molecule has 0 aromatic rings. The zero-order chi connectivity index (χ0) is 18.6. The fraction of sp³-hybridized carbons (Fsp3) is 0.895. The molecule has 156 valence electrons. The summed E-state index contributed by atoms with van der Waals surface area (Å²) in [5, 5.41) is 6.50. The Labute approximate surface area is 180 Å². The van der Waals surface area contributed by atoms with Crippen LogP contribution in [0.2, 0.25) is 0 Å². The molecule has 7 nitrogen and oxygen atoms in total. The van der Waals surface area contributed by atoms with Gasteiger partial charge in [0.1, 0.15) is 0 Å². The van der Waals surface area contributed by atoms with Crippen molar-refractivity contribution >= 4 is 35.8 Å². The van der Waals surface area contributed by atoms with Crippen LogP contribution in [0.15, 0.2) is 4.99 Å². The first kappa shape index (κ1) is 22.7. The Kier molecular flexibility index (Phi) is 8.18. The summed E-state index contributed by atoms with van der Waals surface area (Å²) >= 11 is 0. The fourth-order valence-corrected chi connectivity index (χ4v) is 4.39. The molecule has 27 heavy (non-hydrogen) atoms. The maximum absolute atomic E-state index is 11.8. The molecule has 2 N–H and O–H groups in total. The number of guanidine groups is 1. The summed E-state index contributed by atoms with van der Waals surface area (Å²) < 4.78 is 5.48. The highest BCUT2D eigenvalue weighted by atomic mass is 127. The lowest BCUT2D eigenvalue weighted by Crippen LogP contribution is -2.54. The summed E-state index contributed by atoms with van der Waals surface area (Å²) in [4.78, 5) is 21.6. The molecule has 0 bridgehead atoms. The van der Waals surface area contributed by atoms with Gasteiger partial charge in [0.15, 0.2) is 5.96 Å². The molecule has 0 aliphatic carbocycles. The second-order valence-corrected chi connectivity index (χ2v) is 8.56. The van der Waals surface area contributed by atoms with Crippen molar-refractivity contribution in [3.63, 3.8) is 0 Å². The second kappa shape index (κ2) is 9.73. The van der Waals surface area contributed by atoms with Crippen molar-refractivity contribution in [1.29, 1.82) is 0 Å². The monoisotopic (exact) mass is 493 g/mol. The summed E-state index contributed by atoms with van der Waals surface area (Å²) in [5.74, 6) is 1.19. The number of nitrogens with one attached hydrogen (secondary N) is 2. The van der Waals surface area contributed by atoms with E-state index in [-0.39, 0.29) is 40.8 Å². The molecule has 1 atom stereocenters. The number of hydrogen-bond acceptors (Lipinski definition) is 4. The SMILES string of the molecule is CCNC(=NCC(C)(C)N1CCOCC1)N1CCCC2(CNC(=O)C2)C1.I. The van der Waals surface area contributed by atoms with Gasteiger partial charge >= 0.3 is 0 Å². The molecule has 3 aliphatic rings. The van der Waals surface area contributed by atoms with Gasteiger partial charge in [-0.3, -0.25) is 14.7 Å². The number of hydrogen-bond donors (Lipinski definition) is 2. The average Bonchev–Trinajstić information content (AvgIpc) is 2.99.